The quantitative estimate of drug-likeness (QED) is 0.321. The van der Waals surface area contributed by atoms with Crippen molar-refractivity contribution in [3.05, 3.63) is 29.1 Å². The lowest BCUT2D eigenvalue weighted by atomic mass is 10.1. The molecule has 8 heteroatoms. The third kappa shape index (κ3) is 2.06. The Morgan fingerprint density at radius 2 is 1.69 bits per heavy atom. The molecule has 0 fully saturated rings. The summed E-state index contributed by atoms with van der Waals surface area (Å²) in [6.45, 7) is 0. The predicted octanol–water partition coefficient (Wildman–Crippen LogP) is 3.09. The summed E-state index contributed by atoms with van der Waals surface area (Å²) in [5, 5.41) is 0. The smallest absolute Gasteiger partial charge is 0.211 e. The van der Waals surface area contributed by atoms with Crippen LogP contribution in [-0.2, 0) is 11.0 Å². The number of carbonyl (C=O) groups excluding carboxylic acids is 1. The zero-order chi connectivity index (χ0) is 12.5. The molecule has 0 bridgehead atoms. The van der Waals surface area contributed by atoms with Crippen LogP contribution in [0.15, 0.2) is 11.1 Å². The van der Waals surface area contributed by atoms with Gasteiger partial charge in [-0.15, -0.1) is 0 Å². The second-order valence-electron chi connectivity index (χ2n) is 2.58. The minimum absolute atomic E-state index is 0.0356. The molecule has 0 unspecified atom stereocenters. The normalized spacial score (nSPS) is 11.1. The van der Waals surface area contributed by atoms with Gasteiger partial charge >= 0.3 is 6.18 Å². The molecular weight excluding hydrogens is 240 g/mol. The van der Waals surface area contributed by atoms with Crippen molar-refractivity contribution in [2.75, 3.05) is 0 Å². The van der Waals surface area contributed by atoms with Crippen LogP contribution < -0.4 is 0 Å². The average Bonchev–Trinajstić information content (AvgIpc) is 2.12. The number of hydrogen-bond donors (Lipinski definition) is 0. The highest BCUT2D eigenvalue weighted by Gasteiger charge is 2.40. The summed E-state index contributed by atoms with van der Waals surface area (Å²) in [7, 11) is 0. The fraction of sp³-hybridized carbons (Fsp3) is 0.125. The van der Waals surface area contributed by atoms with Crippen molar-refractivity contribution in [3.63, 3.8) is 0 Å². The Morgan fingerprint density at radius 1 is 1.12 bits per heavy atom. The van der Waals surface area contributed by atoms with E-state index in [1.165, 1.54) is 0 Å². The van der Waals surface area contributed by atoms with Crippen LogP contribution in [0.2, 0.25) is 0 Å². The molecule has 0 atom stereocenters. The minimum atomic E-state index is -5.38. The molecule has 0 radical (unpaired) electrons. The highest BCUT2D eigenvalue weighted by Crippen LogP contribution is 2.37. The Balaban J connectivity index is 3.58. The first kappa shape index (κ1) is 12.3. The molecule has 0 saturated heterocycles. The van der Waals surface area contributed by atoms with Crippen molar-refractivity contribution < 1.29 is 31.1 Å². The number of hydrogen-bond acceptors (Lipinski definition) is 2. The monoisotopic (exact) mass is 241 g/mol. The van der Waals surface area contributed by atoms with Gasteiger partial charge < -0.3 is 0 Å². The van der Waals surface area contributed by atoms with Gasteiger partial charge in [-0.3, -0.25) is 0 Å². The van der Waals surface area contributed by atoms with E-state index in [9.17, 15) is 31.1 Å². The summed E-state index contributed by atoms with van der Waals surface area (Å²) < 4.78 is 74.6. The van der Waals surface area contributed by atoms with Crippen LogP contribution in [0.5, 0.6) is 0 Å². The third-order valence-corrected chi connectivity index (χ3v) is 1.59. The summed E-state index contributed by atoms with van der Waals surface area (Å²) >= 11 is 0. The Kier molecular flexibility index (Phi) is 3.04. The van der Waals surface area contributed by atoms with Gasteiger partial charge in [-0.1, -0.05) is 0 Å². The minimum Gasteiger partial charge on any atom is -0.211 e. The lowest BCUT2D eigenvalue weighted by Gasteiger charge is -2.10. The zero-order valence-electron chi connectivity index (χ0n) is 7.20. The molecule has 0 saturated carbocycles. The van der Waals surface area contributed by atoms with Crippen LogP contribution >= 0.6 is 0 Å². The van der Waals surface area contributed by atoms with Crippen molar-refractivity contribution >= 4 is 11.8 Å². The number of alkyl halides is 3. The number of aliphatic imine (C=N–C) groups is 1. The fourth-order valence-electron chi connectivity index (χ4n) is 0.973. The van der Waals surface area contributed by atoms with E-state index < -0.39 is 34.9 Å². The fourth-order valence-corrected chi connectivity index (χ4v) is 0.973. The predicted molar refractivity (Wildman–Crippen MR) is 39.1 cm³/mol. The number of rotatable bonds is 1. The summed E-state index contributed by atoms with van der Waals surface area (Å²) in [6, 6.07) is -0.0356. The van der Waals surface area contributed by atoms with Gasteiger partial charge in [0.25, 0.3) is 0 Å². The molecule has 0 aromatic heterocycles. The first-order valence-electron chi connectivity index (χ1n) is 3.61. The molecule has 0 aliphatic rings. The second kappa shape index (κ2) is 3.97. The summed E-state index contributed by atoms with van der Waals surface area (Å²) in [6.07, 6.45) is -4.62. The van der Waals surface area contributed by atoms with Crippen molar-refractivity contribution in [3.8, 4) is 0 Å². The Hall–Kier alpha value is -1.82. The SMILES string of the molecule is O=C=Nc1cc(F)c(C(F)(F)F)c(F)c1F. The first-order valence-corrected chi connectivity index (χ1v) is 3.61. The number of isocyanates is 1. The average molecular weight is 241 g/mol. The third-order valence-electron chi connectivity index (χ3n) is 1.59. The second-order valence-corrected chi connectivity index (χ2v) is 2.58. The summed E-state index contributed by atoms with van der Waals surface area (Å²) in [4.78, 5) is 12.2. The molecule has 0 amide bonds. The van der Waals surface area contributed by atoms with E-state index in [-0.39, 0.29) is 6.07 Å². The highest BCUT2D eigenvalue weighted by molar-refractivity contribution is 5.51. The maximum Gasteiger partial charge on any atom is 0.422 e. The maximum absolute atomic E-state index is 12.8. The number of benzene rings is 1. The van der Waals surface area contributed by atoms with Crippen LogP contribution in [0.3, 0.4) is 0 Å². The number of halogens is 6. The van der Waals surface area contributed by atoms with Crippen LogP contribution in [0.25, 0.3) is 0 Å². The molecule has 1 aromatic rings. The first-order chi connectivity index (χ1) is 7.29. The van der Waals surface area contributed by atoms with Crippen molar-refractivity contribution in [1.82, 2.24) is 0 Å². The van der Waals surface area contributed by atoms with Gasteiger partial charge in [0.05, 0.1) is 0 Å². The zero-order valence-corrected chi connectivity index (χ0v) is 7.20. The van der Waals surface area contributed by atoms with Crippen molar-refractivity contribution in [2.45, 2.75) is 6.18 Å². The van der Waals surface area contributed by atoms with Gasteiger partial charge in [0.1, 0.15) is 17.1 Å². The van der Waals surface area contributed by atoms with Crippen LogP contribution in [0.1, 0.15) is 5.56 Å². The van der Waals surface area contributed by atoms with E-state index in [0.29, 0.717) is 0 Å². The van der Waals surface area contributed by atoms with Gasteiger partial charge in [-0.05, 0) is 0 Å². The van der Waals surface area contributed by atoms with Gasteiger partial charge in [0, 0.05) is 6.07 Å². The standard InChI is InChI=1S/C8HF6NO/c9-3-1-4(15-2-16)6(10)7(11)5(3)8(12,13)14/h1H. The lowest BCUT2D eigenvalue weighted by molar-refractivity contribution is -0.142. The highest BCUT2D eigenvalue weighted by atomic mass is 19.4. The maximum atomic E-state index is 12.8. The van der Waals surface area contributed by atoms with E-state index in [2.05, 4.69) is 4.99 Å². The lowest BCUT2D eigenvalue weighted by Crippen LogP contribution is -2.12. The van der Waals surface area contributed by atoms with Gasteiger partial charge in [-0.2, -0.15) is 18.2 Å². The molecule has 86 valence electrons. The largest absolute Gasteiger partial charge is 0.422 e. The molecule has 0 N–H and O–H groups in total. The van der Waals surface area contributed by atoms with E-state index in [0.717, 1.165) is 6.08 Å². The van der Waals surface area contributed by atoms with Gasteiger partial charge in [0.15, 0.2) is 11.6 Å². The Bertz CT molecular complexity index is 474. The van der Waals surface area contributed by atoms with Crippen LogP contribution in [0.4, 0.5) is 32.0 Å². The van der Waals surface area contributed by atoms with E-state index >= 15 is 0 Å². The molecule has 2 nitrogen and oxygen atoms in total. The van der Waals surface area contributed by atoms with Crippen molar-refractivity contribution in [1.29, 1.82) is 0 Å². The van der Waals surface area contributed by atoms with Crippen molar-refractivity contribution in [2.24, 2.45) is 4.99 Å². The Labute approximate surface area is 84.2 Å². The Morgan fingerprint density at radius 3 is 2.12 bits per heavy atom. The molecule has 1 rings (SSSR count). The number of nitrogens with zero attached hydrogens (tertiary/aromatic N) is 1. The van der Waals surface area contributed by atoms with Crippen LogP contribution in [0, 0.1) is 17.5 Å². The molecule has 0 heterocycles. The topological polar surface area (TPSA) is 29.4 Å². The summed E-state index contributed by atoms with van der Waals surface area (Å²) in [5.74, 6) is -6.56. The van der Waals surface area contributed by atoms with Crippen LogP contribution in [-0.4, -0.2) is 6.08 Å². The molecule has 0 aliphatic heterocycles. The molecular formula is C8HF6NO. The molecule has 1 aromatic carbocycles. The van der Waals surface area contributed by atoms with E-state index in [4.69, 9.17) is 0 Å². The van der Waals surface area contributed by atoms with E-state index in [1.54, 1.807) is 0 Å². The molecule has 0 spiro atoms. The summed E-state index contributed by atoms with van der Waals surface area (Å²) in [5.41, 5.74) is -3.55. The molecule has 0 aliphatic carbocycles. The molecule has 16 heavy (non-hydrogen) atoms. The van der Waals surface area contributed by atoms with E-state index in [1.807, 2.05) is 0 Å². The van der Waals surface area contributed by atoms with Gasteiger partial charge in [0.2, 0.25) is 6.08 Å². The van der Waals surface area contributed by atoms with Gasteiger partial charge in [-0.25, -0.2) is 18.0 Å².